The van der Waals surface area contributed by atoms with Crippen LogP contribution < -0.4 is 0 Å². The number of ether oxygens (including phenoxy) is 1. The number of allylic oxidation sites excluding steroid dienone is 1. The van der Waals surface area contributed by atoms with Crippen LogP contribution >= 0.6 is 0 Å². The van der Waals surface area contributed by atoms with E-state index in [-0.39, 0.29) is 5.92 Å². The first kappa shape index (κ1) is 15.4. The molecule has 94 valence electrons. The zero-order valence-corrected chi connectivity index (χ0v) is 11.9. The Labute approximate surface area is 99.9 Å². The van der Waals surface area contributed by atoms with Gasteiger partial charge in [-0.05, 0) is 25.2 Å². The Morgan fingerprint density at radius 3 is 2.38 bits per heavy atom. The second-order valence-corrected chi connectivity index (χ2v) is 10.4. The normalized spacial score (nSPS) is 17.2. The van der Waals surface area contributed by atoms with Gasteiger partial charge in [0.15, 0.2) is 0 Å². The van der Waals surface area contributed by atoms with E-state index in [2.05, 4.69) is 12.8 Å². The molecular formula is C13H24O2S. The van der Waals surface area contributed by atoms with Crippen molar-refractivity contribution in [1.29, 1.82) is 0 Å². The van der Waals surface area contributed by atoms with Gasteiger partial charge in [-0.25, -0.2) is 0 Å². The summed E-state index contributed by atoms with van der Waals surface area (Å²) in [7, 11) is -1.13. The van der Waals surface area contributed by atoms with E-state index in [0.717, 1.165) is 12.8 Å². The molecule has 0 spiro atoms. The summed E-state index contributed by atoms with van der Waals surface area (Å²) in [5.41, 5.74) is 0. The van der Waals surface area contributed by atoms with E-state index in [1.54, 1.807) is 25.9 Å². The van der Waals surface area contributed by atoms with Crippen LogP contribution in [0.2, 0.25) is 0 Å². The quantitative estimate of drug-likeness (QED) is 0.670. The number of methoxy groups -OCH3 is 1. The van der Waals surface area contributed by atoms with Crippen molar-refractivity contribution < 1.29 is 8.95 Å². The van der Waals surface area contributed by atoms with E-state index in [4.69, 9.17) is 11.2 Å². The lowest BCUT2D eigenvalue weighted by Gasteiger charge is -2.29. The molecule has 0 rings (SSSR count). The zero-order valence-electron chi connectivity index (χ0n) is 11.1. The smallest absolute Gasteiger partial charge is 0.0624 e. The largest absolute Gasteiger partial charge is 0.384 e. The molecule has 0 radical (unpaired) electrons. The third kappa shape index (κ3) is 5.48. The fourth-order valence-corrected chi connectivity index (χ4v) is 2.55. The van der Waals surface area contributed by atoms with Gasteiger partial charge in [-0.1, -0.05) is 34.4 Å². The molecule has 0 saturated heterocycles. The molecule has 0 N–H and O–H groups in total. The molecule has 16 heavy (non-hydrogen) atoms. The highest BCUT2D eigenvalue weighted by molar-refractivity contribution is 8.21. The Morgan fingerprint density at radius 1 is 1.50 bits per heavy atom. The van der Waals surface area contributed by atoms with Gasteiger partial charge < -0.3 is 4.74 Å². The van der Waals surface area contributed by atoms with Crippen LogP contribution in [0.1, 0.15) is 19.8 Å². The summed E-state index contributed by atoms with van der Waals surface area (Å²) in [5.74, 6) is 2.83. The SMILES string of the molecule is C#CC(=CC(CCC)COC)S(C)(C)(C)=O. The first-order valence-electron chi connectivity index (χ1n) is 5.48. The van der Waals surface area contributed by atoms with Gasteiger partial charge in [-0.3, -0.25) is 4.21 Å². The number of hydrogen-bond donors (Lipinski definition) is 0. The molecule has 1 unspecified atom stereocenters. The molecule has 0 bridgehead atoms. The summed E-state index contributed by atoms with van der Waals surface area (Å²) in [5, 5.41) is 0. The summed E-state index contributed by atoms with van der Waals surface area (Å²) in [6.45, 7) is 2.74. The molecule has 1 atom stereocenters. The van der Waals surface area contributed by atoms with Crippen LogP contribution in [0.4, 0.5) is 0 Å². The number of terminal acetylenes is 1. The van der Waals surface area contributed by atoms with Crippen molar-refractivity contribution in [3.05, 3.63) is 11.0 Å². The summed E-state index contributed by atoms with van der Waals surface area (Å²) < 4.78 is 17.6. The van der Waals surface area contributed by atoms with E-state index >= 15 is 0 Å². The molecule has 0 fully saturated rings. The van der Waals surface area contributed by atoms with E-state index in [9.17, 15) is 4.21 Å². The van der Waals surface area contributed by atoms with Crippen molar-refractivity contribution in [2.75, 3.05) is 32.5 Å². The monoisotopic (exact) mass is 244 g/mol. The topological polar surface area (TPSA) is 26.3 Å². The molecule has 0 aromatic heterocycles. The summed E-state index contributed by atoms with van der Waals surface area (Å²) in [6.07, 6.45) is 14.6. The van der Waals surface area contributed by atoms with E-state index < -0.39 is 9.07 Å². The van der Waals surface area contributed by atoms with E-state index in [1.807, 2.05) is 6.08 Å². The highest BCUT2D eigenvalue weighted by Gasteiger charge is 2.23. The van der Waals surface area contributed by atoms with Gasteiger partial charge in [0.1, 0.15) is 0 Å². The first-order valence-corrected chi connectivity index (χ1v) is 8.67. The van der Waals surface area contributed by atoms with E-state index in [1.165, 1.54) is 0 Å². The standard InChI is InChI=1S/C13H24O2S/c1-7-9-12(11-15-3)10-13(8-2)16(4,5,6)14/h2,10,12H,7,9,11H2,1,3-6H3. The fraction of sp³-hybridized carbons (Fsp3) is 0.692. The van der Waals surface area contributed by atoms with E-state index in [0.29, 0.717) is 11.5 Å². The average molecular weight is 244 g/mol. The van der Waals surface area contributed by atoms with Gasteiger partial charge in [-0.15, -0.1) is 6.42 Å². The molecular weight excluding hydrogens is 220 g/mol. The minimum atomic E-state index is -2.81. The van der Waals surface area contributed by atoms with Crippen LogP contribution in [0, 0.1) is 18.3 Å². The van der Waals surface area contributed by atoms with Crippen molar-refractivity contribution in [2.45, 2.75) is 19.8 Å². The number of rotatable bonds is 6. The van der Waals surface area contributed by atoms with Gasteiger partial charge in [-0.2, -0.15) is 0 Å². The fourth-order valence-electron chi connectivity index (χ4n) is 1.49. The van der Waals surface area contributed by atoms with Crippen molar-refractivity contribution >= 4 is 9.07 Å². The molecule has 0 aromatic carbocycles. The van der Waals surface area contributed by atoms with Crippen molar-refractivity contribution in [1.82, 2.24) is 0 Å². The second-order valence-electron chi connectivity index (χ2n) is 5.10. The third-order valence-corrected chi connectivity index (χ3v) is 4.07. The van der Waals surface area contributed by atoms with Gasteiger partial charge in [0, 0.05) is 13.0 Å². The lowest BCUT2D eigenvalue weighted by atomic mass is 10.0. The Morgan fingerprint density at radius 2 is 2.06 bits per heavy atom. The predicted octanol–water partition coefficient (Wildman–Crippen LogP) is 2.28. The molecule has 0 heterocycles. The van der Waals surface area contributed by atoms with Crippen molar-refractivity contribution in [3.8, 4) is 12.3 Å². The Hall–Kier alpha value is -0.590. The second kappa shape index (κ2) is 5.65. The van der Waals surface area contributed by atoms with Gasteiger partial charge in [0.2, 0.25) is 0 Å². The van der Waals surface area contributed by atoms with Crippen LogP contribution in [0.3, 0.4) is 0 Å². The highest BCUT2D eigenvalue weighted by atomic mass is 32.3. The Balaban J connectivity index is 5.08. The van der Waals surface area contributed by atoms with Crippen LogP contribution in [0.15, 0.2) is 11.0 Å². The molecule has 0 aromatic rings. The number of hydrogen-bond acceptors (Lipinski definition) is 2. The Kier molecular flexibility index (Phi) is 5.44. The highest BCUT2D eigenvalue weighted by Crippen LogP contribution is 2.26. The predicted molar refractivity (Wildman–Crippen MR) is 73.1 cm³/mol. The maximum absolute atomic E-state index is 12.4. The van der Waals surface area contributed by atoms with Gasteiger partial charge in [0.05, 0.1) is 11.5 Å². The molecule has 2 nitrogen and oxygen atoms in total. The molecule has 0 amide bonds. The van der Waals surface area contributed by atoms with Crippen LogP contribution in [-0.2, 0) is 13.8 Å². The van der Waals surface area contributed by atoms with Crippen LogP contribution in [0.5, 0.6) is 0 Å². The lowest BCUT2D eigenvalue weighted by molar-refractivity contribution is 0.166. The summed E-state index contributed by atoms with van der Waals surface area (Å²) >= 11 is 0. The molecule has 3 heteroatoms. The van der Waals surface area contributed by atoms with Gasteiger partial charge in [0.25, 0.3) is 0 Å². The van der Waals surface area contributed by atoms with Crippen LogP contribution in [-0.4, -0.2) is 36.7 Å². The Bertz CT molecular complexity index is 338. The minimum Gasteiger partial charge on any atom is -0.384 e. The third-order valence-electron chi connectivity index (χ3n) is 2.32. The summed E-state index contributed by atoms with van der Waals surface area (Å²) in [6, 6.07) is 0. The van der Waals surface area contributed by atoms with Crippen molar-refractivity contribution in [2.24, 2.45) is 5.92 Å². The minimum absolute atomic E-state index is 0.255. The average Bonchev–Trinajstić information content (AvgIpc) is 2.11. The molecule has 0 aliphatic carbocycles. The molecule has 0 aliphatic heterocycles. The maximum atomic E-state index is 12.4. The van der Waals surface area contributed by atoms with Crippen molar-refractivity contribution in [3.63, 3.8) is 0 Å². The van der Waals surface area contributed by atoms with Gasteiger partial charge >= 0.3 is 0 Å². The van der Waals surface area contributed by atoms with Crippen LogP contribution in [0.25, 0.3) is 0 Å². The summed E-state index contributed by atoms with van der Waals surface area (Å²) in [4.78, 5) is 0.618. The zero-order chi connectivity index (χ0) is 12.8. The molecule has 0 aliphatic rings. The maximum Gasteiger partial charge on any atom is 0.0624 e. The first-order chi connectivity index (χ1) is 7.21. The lowest BCUT2D eigenvalue weighted by Crippen LogP contribution is -2.29. The molecule has 0 saturated carbocycles.